The number of hydrogen-bond acceptors (Lipinski definition) is 3. The van der Waals surface area contributed by atoms with Gasteiger partial charge in [-0.25, -0.2) is 0 Å². The second-order valence-corrected chi connectivity index (χ2v) is 6.81. The minimum Gasteiger partial charge on any atom is -0.497 e. The monoisotopic (exact) mass is 354 g/mol. The third-order valence-corrected chi connectivity index (χ3v) is 5.23. The van der Waals surface area contributed by atoms with E-state index < -0.39 is 5.60 Å². The van der Waals surface area contributed by atoms with Crippen molar-refractivity contribution in [3.05, 3.63) is 28.2 Å². The number of benzene rings is 1. The van der Waals surface area contributed by atoms with Gasteiger partial charge in [-0.1, -0.05) is 29.3 Å². The third-order valence-electron chi connectivity index (χ3n) is 4.46. The van der Waals surface area contributed by atoms with Gasteiger partial charge in [0, 0.05) is 18.0 Å². The van der Waals surface area contributed by atoms with Gasteiger partial charge in [0.1, 0.15) is 11.4 Å². The topological polar surface area (TPSA) is 35.5 Å². The van der Waals surface area contributed by atoms with Crippen LogP contribution in [0.25, 0.3) is 0 Å². The fraction of sp³-hybridized carbons (Fsp3) is 0.588. The molecule has 0 heterocycles. The van der Waals surface area contributed by atoms with E-state index >= 15 is 0 Å². The first kappa shape index (κ1) is 16.5. The van der Waals surface area contributed by atoms with Crippen molar-refractivity contribution < 1.29 is 14.3 Å². The van der Waals surface area contributed by atoms with Crippen LogP contribution in [-0.4, -0.2) is 25.6 Å². The van der Waals surface area contributed by atoms with Crippen LogP contribution in [0.3, 0.4) is 0 Å². The summed E-state index contributed by atoms with van der Waals surface area (Å²) in [6, 6.07) is 5.72. The number of ether oxygens (including phenoxy) is 2. The van der Waals surface area contributed by atoms with Gasteiger partial charge in [-0.15, -0.1) is 0 Å². The summed E-state index contributed by atoms with van der Waals surface area (Å²) >= 11 is 3.51. The number of carbonyl (C=O) groups excluding carboxylic acids is 1. The Morgan fingerprint density at radius 1 is 1.43 bits per heavy atom. The molecule has 1 aliphatic rings. The number of methoxy groups -OCH3 is 2. The van der Waals surface area contributed by atoms with Crippen LogP contribution >= 0.6 is 15.9 Å². The smallest absolute Gasteiger partial charge is 0.169 e. The first-order valence-electron chi connectivity index (χ1n) is 7.41. The number of hydrogen-bond donors (Lipinski definition) is 0. The van der Waals surface area contributed by atoms with Crippen molar-refractivity contribution in [1.29, 1.82) is 0 Å². The number of carbonyl (C=O) groups is 1. The van der Waals surface area contributed by atoms with Gasteiger partial charge < -0.3 is 9.47 Å². The van der Waals surface area contributed by atoms with Crippen LogP contribution in [0.4, 0.5) is 0 Å². The maximum absolute atomic E-state index is 12.8. The molecule has 0 N–H and O–H groups in total. The van der Waals surface area contributed by atoms with E-state index in [-0.39, 0.29) is 5.78 Å². The molecule has 21 heavy (non-hydrogen) atoms. The molecular weight excluding hydrogens is 332 g/mol. The summed E-state index contributed by atoms with van der Waals surface area (Å²) in [7, 11) is 3.30. The van der Waals surface area contributed by atoms with E-state index in [0.717, 1.165) is 35.0 Å². The molecule has 0 bridgehead atoms. The number of Topliss-reactive ketones (excluding diaryl/α,β-unsaturated/α-hetero) is 1. The highest BCUT2D eigenvalue weighted by atomic mass is 79.9. The highest BCUT2D eigenvalue weighted by Gasteiger charge is 2.41. The normalized spacial score (nSPS) is 25.6. The zero-order valence-electron chi connectivity index (χ0n) is 12.9. The van der Waals surface area contributed by atoms with Crippen LogP contribution in [0.15, 0.2) is 22.7 Å². The predicted octanol–water partition coefficient (Wildman–Crippen LogP) is 4.16. The van der Waals surface area contributed by atoms with Gasteiger partial charge in [0.05, 0.1) is 7.11 Å². The molecule has 0 radical (unpaired) electrons. The van der Waals surface area contributed by atoms with Crippen molar-refractivity contribution in [2.45, 2.75) is 44.6 Å². The molecule has 2 rings (SSSR count). The molecule has 0 amide bonds. The van der Waals surface area contributed by atoms with Crippen molar-refractivity contribution in [3.63, 3.8) is 0 Å². The Bertz CT molecular complexity index is 515. The number of rotatable bonds is 5. The second kappa shape index (κ2) is 6.93. The minimum atomic E-state index is -0.611. The summed E-state index contributed by atoms with van der Waals surface area (Å²) in [5, 5.41) is 0. The summed E-state index contributed by atoms with van der Waals surface area (Å²) in [6.45, 7) is 2.20. The van der Waals surface area contributed by atoms with E-state index in [2.05, 4.69) is 22.9 Å². The molecular formula is C17H23BrO3. The summed E-state index contributed by atoms with van der Waals surface area (Å²) < 4.78 is 11.9. The van der Waals surface area contributed by atoms with Crippen molar-refractivity contribution >= 4 is 21.7 Å². The Balaban J connectivity index is 2.19. The molecule has 0 spiro atoms. The van der Waals surface area contributed by atoms with Crippen molar-refractivity contribution in [1.82, 2.24) is 0 Å². The summed E-state index contributed by atoms with van der Waals surface area (Å²) in [5.41, 5.74) is 0.342. The van der Waals surface area contributed by atoms with Gasteiger partial charge in [-0.2, -0.15) is 0 Å². The van der Waals surface area contributed by atoms with Gasteiger partial charge in [0.2, 0.25) is 0 Å². The lowest BCUT2D eigenvalue weighted by molar-refractivity contribution is -0.146. The minimum absolute atomic E-state index is 0.172. The van der Waals surface area contributed by atoms with Crippen LogP contribution in [0.1, 0.15) is 38.2 Å². The Hall–Kier alpha value is -0.870. The Morgan fingerprint density at radius 3 is 2.81 bits per heavy atom. The summed E-state index contributed by atoms with van der Waals surface area (Å²) in [6.07, 6.45) is 4.26. The largest absolute Gasteiger partial charge is 0.497 e. The molecule has 1 aromatic carbocycles. The van der Waals surface area contributed by atoms with Crippen molar-refractivity contribution in [2.24, 2.45) is 5.92 Å². The van der Waals surface area contributed by atoms with Crippen molar-refractivity contribution in [3.8, 4) is 5.75 Å². The molecule has 2 atom stereocenters. The standard InChI is InChI=1S/C17H23BrO3/c1-12-5-4-8-17(11-12,21-3)16(19)10-13-9-14(20-2)6-7-15(13)18/h6-7,9,12H,4-5,8,10-11H2,1-3H3. The van der Waals surface area contributed by atoms with E-state index in [4.69, 9.17) is 9.47 Å². The molecule has 0 saturated heterocycles. The molecule has 1 fully saturated rings. The maximum Gasteiger partial charge on any atom is 0.169 e. The number of halogens is 1. The van der Waals surface area contributed by atoms with Crippen LogP contribution < -0.4 is 4.74 Å². The average molecular weight is 355 g/mol. The van der Waals surface area contributed by atoms with Gasteiger partial charge in [0.25, 0.3) is 0 Å². The second-order valence-electron chi connectivity index (χ2n) is 5.96. The lowest BCUT2D eigenvalue weighted by Crippen LogP contribution is -2.45. The van der Waals surface area contributed by atoms with Crippen molar-refractivity contribution in [2.75, 3.05) is 14.2 Å². The highest BCUT2D eigenvalue weighted by Crippen LogP contribution is 2.37. The van der Waals surface area contributed by atoms with Gasteiger partial charge in [-0.05, 0) is 48.9 Å². The molecule has 1 aliphatic carbocycles. The molecule has 116 valence electrons. The Labute approximate surface area is 135 Å². The summed E-state index contributed by atoms with van der Waals surface area (Å²) in [4.78, 5) is 12.8. The lowest BCUT2D eigenvalue weighted by Gasteiger charge is -2.37. The quantitative estimate of drug-likeness (QED) is 0.796. The number of ketones is 1. The van der Waals surface area contributed by atoms with Crippen LogP contribution in [0, 0.1) is 5.92 Å². The van der Waals surface area contributed by atoms with E-state index in [1.807, 2.05) is 18.2 Å². The predicted molar refractivity (Wildman–Crippen MR) is 86.8 cm³/mol. The van der Waals surface area contributed by atoms with Crippen LogP contribution in [-0.2, 0) is 16.0 Å². The van der Waals surface area contributed by atoms with Gasteiger partial charge >= 0.3 is 0 Å². The third kappa shape index (κ3) is 3.67. The Kier molecular flexibility index (Phi) is 5.44. The summed E-state index contributed by atoms with van der Waals surface area (Å²) in [5.74, 6) is 1.48. The lowest BCUT2D eigenvalue weighted by atomic mass is 9.75. The zero-order chi connectivity index (χ0) is 15.5. The van der Waals surface area contributed by atoms with E-state index in [9.17, 15) is 4.79 Å². The first-order valence-corrected chi connectivity index (χ1v) is 8.21. The SMILES string of the molecule is COc1ccc(Br)c(CC(=O)C2(OC)CCCC(C)C2)c1. The van der Waals surface area contributed by atoms with E-state index in [0.29, 0.717) is 12.3 Å². The molecule has 2 unspecified atom stereocenters. The van der Waals surface area contributed by atoms with E-state index in [1.165, 1.54) is 6.42 Å². The Morgan fingerprint density at radius 2 is 2.19 bits per heavy atom. The maximum atomic E-state index is 12.8. The van der Waals surface area contributed by atoms with Crippen LogP contribution in [0.5, 0.6) is 5.75 Å². The first-order chi connectivity index (χ1) is 10.0. The molecule has 0 aliphatic heterocycles. The molecule has 1 aromatic rings. The van der Waals surface area contributed by atoms with Crippen LogP contribution in [0.2, 0.25) is 0 Å². The molecule has 1 saturated carbocycles. The average Bonchev–Trinajstić information content (AvgIpc) is 2.49. The molecule has 3 nitrogen and oxygen atoms in total. The molecule has 0 aromatic heterocycles. The molecule has 4 heteroatoms. The van der Waals surface area contributed by atoms with E-state index in [1.54, 1.807) is 14.2 Å². The fourth-order valence-electron chi connectivity index (χ4n) is 3.20. The fourth-order valence-corrected chi connectivity index (χ4v) is 3.59. The zero-order valence-corrected chi connectivity index (χ0v) is 14.5. The highest BCUT2D eigenvalue weighted by molar-refractivity contribution is 9.10. The van der Waals surface area contributed by atoms with Gasteiger partial charge in [-0.3, -0.25) is 4.79 Å². The van der Waals surface area contributed by atoms with Gasteiger partial charge in [0.15, 0.2) is 5.78 Å².